The average molecular weight is 704 g/mol. The second kappa shape index (κ2) is 19.6. The molecule has 4 N–H and O–H groups in total. The second-order valence-corrected chi connectivity index (χ2v) is 13.5. The maximum Gasteiger partial charge on any atom is 0.407 e. The molecule has 3 aromatic carbocycles. The number of carbonyl (C=O) groups is 2. The second-order valence-electron chi connectivity index (χ2n) is 13.5. The number of methoxy groups -OCH3 is 1. The van der Waals surface area contributed by atoms with Crippen LogP contribution >= 0.6 is 0 Å². The molecule has 0 bridgehead atoms. The highest BCUT2D eigenvalue weighted by atomic mass is 16.6. The number of carbonyl (C=O) groups excluding carboxylic acids is 2. The summed E-state index contributed by atoms with van der Waals surface area (Å²) in [7, 11) is 1.60. The molecule has 0 aromatic heterocycles. The lowest BCUT2D eigenvalue weighted by Gasteiger charge is -2.29. The number of rotatable bonds is 18. The van der Waals surface area contributed by atoms with Crippen LogP contribution in [0.1, 0.15) is 48.1 Å². The zero-order chi connectivity index (χ0) is 36.0. The van der Waals surface area contributed by atoms with E-state index in [0.717, 1.165) is 60.9 Å². The summed E-state index contributed by atoms with van der Waals surface area (Å²) in [6, 6.07) is 23.7. The first kappa shape index (κ1) is 38.2. The van der Waals surface area contributed by atoms with Gasteiger partial charge >= 0.3 is 6.09 Å². The molecule has 2 amide bonds. The van der Waals surface area contributed by atoms with Gasteiger partial charge in [-0.25, -0.2) is 4.79 Å². The van der Waals surface area contributed by atoms with Crippen molar-refractivity contribution in [2.45, 2.75) is 69.4 Å². The number of benzene rings is 3. The van der Waals surface area contributed by atoms with Crippen LogP contribution in [0.2, 0.25) is 0 Å². The first-order valence-corrected chi connectivity index (χ1v) is 18.0. The van der Waals surface area contributed by atoms with Crippen molar-refractivity contribution in [2.24, 2.45) is 5.92 Å². The summed E-state index contributed by atoms with van der Waals surface area (Å²) >= 11 is 0. The molecule has 1 saturated heterocycles. The molecular formula is C40H53N3O8. The minimum Gasteiger partial charge on any atom is -0.492 e. The van der Waals surface area contributed by atoms with Crippen LogP contribution in [0.25, 0.3) is 0 Å². The summed E-state index contributed by atoms with van der Waals surface area (Å²) < 4.78 is 22.1. The fourth-order valence-corrected chi connectivity index (χ4v) is 6.66. The van der Waals surface area contributed by atoms with Crippen LogP contribution in [0.5, 0.6) is 5.75 Å². The van der Waals surface area contributed by atoms with E-state index in [4.69, 9.17) is 18.9 Å². The summed E-state index contributed by atoms with van der Waals surface area (Å²) in [5.74, 6) is -0.216. The molecule has 0 saturated carbocycles. The summed E-state index contributed by atoms with van der Waals surface area (Å²) in [6.07, 6.45) is -0.833. The van der Waals surface area contributed by atoms with Gasteiger partial charge in [-0.15, -0.1) is 0 Å². The number of morpholine rings is 1. The predicted molar refractivity (Wildman–Crippen MR) is 194 cm³/mol. The molecule has 276 valence electrons. The summed E-state index contributed by atoms with van der Waals surface area (Å²) in [5, 5.41) is 28.6. The fourth-order valence-electron chi connectivity index (χ4n) is 6.66. The number of amides is 2. The molecule has 51 heavy (non-hydrogen) atoms. The summed E-state index contributed by atoms with van der Waals surface area (Å²) in [5.41, 5.74) is 3.72. The summed E-state index contributed by atoms with van der Waals surface area (Å²) in [4.78, 5) is 29.3. The maximum absolute atomic E-state index is 14.1. The van der Waals surface area contributed by atoms with Crippen molar-refractivity contribution in [3.05, 3.63) is 101 Å². The van der Waals surface area contributed by atoms with Crippen molar-refractivity contribution in [3.63, 3.8) is 0 Å². The molecule has 1 fully saturated rings. The third-order valence-corrected chi connectivity index (χ3v) is 9.81. The van der Waals surface area contributed by atoms with Gasteiger partial charge in [0.1, 0.15) is 12.4 Å². The normalized spacial score (nSPS) is 19.7. The average Bonchev–Trinajstić information content (AvgIpc) is 3.46. The van der Waals surface area contributed by atoms with Crippen LogP contribution in [0.15, 0.2) is 78.9 Å². The standard InChI is InChI=1S/C40H53N3O8/c1-28(48-2)16-20-51-40(47)41-35(25-29-8-4-3-5-9-29)36(44)27-32(39(46)42-38-34-11-7-6-10-31(34)26-37(38)45)24-30-12-14-33(15-13-30)50-23-19-43-17-21-49-22-18-43/h3-15,28,32,35-38,44-45H,16-27H2,1-2H3,(H,41,47)(H,42,46)/t28?,32-,35+,36+,37-,38+/m1/s1. The molecule has 1 heterocycles. The monoisotopic (exact) mass is 703 g/mol. The van der Waals surface area contributed by atoms with Crippen molar-refractivity contribution < 1.29 is 38.7 Å². The predicted octanol–water partition coefficient (Wildman–Crippen LogP) is 3.84. The van der Waals surface area contributed by atoms with Crippen LogP contribution in [0.3, 0.4) is 0 Å². The van der Waals surface area contributed by atoms with E-state index in [9.17, 15) is 19.8 Å². The first-order chi connectivity index (χ1) is 24.8. The van der Waals surface area contributed by atoms with Gasteiger partial charge < -0.3 is 39.8 Å². The Hall–Kier alpha value is -4.00. The lowest BCUT2D eigenvalue weighted by Crippen LogP contribution is -2.47. The van der Waals surface area contributed by atoms with E-state index in [1.54, 1.807) is 7.11 Å². The SMILES string of the molecule is COC(C)CCOC(=O)N[C@@H](Cc1ccccc1)[C@@H](O)C[C@@H](Cc1ccc(OCCN2CCOCC2)cc1)C(=O)N[C@H]1c2ccccc2C[C@H]1O. The fraction of sp³-hybridized carbons (Fsp3) is 0.500. The quantitative estimate of drug-likeness (QED) is 0.156. The van der Waals surface area contributed by atoms with Crippen LogP contribution < -0.4 is 15.4 Å². The Kier molecular flexibility index (Phi) is 14.7. The van der Waals surface area contributed by atoms with E-state index in [1.807, 2.05) is 85.8 Å². The van der Waals surface area contributed by atoms with E-state index in [1.165, 1.54) is 0 Å². The van der Waals surface area contributed by atoms with Gasteiger partial charge in [0.25, 0.3) is 0 Å². The highest BCUT2D eigenvalue weighted by Crippen LogP contribution is 2.32. The zero-order valence-electron chi connectivity index (χ0n) is 29.7. The van der Waals surface area contributed by atoms with Gasteiger partial charge in [-0.3, -0.25) is 9.69 Å². The van der Waals surface area contributed by atoms with Crippen molar-refractivity contribution in [1.82, 2.24) is 15.5 Å². The highest BCUT2D eigenvalue weighted by Gasteiger charge is 2.35. The Morgan fingerprint density at radius 1 is 0.941 bits per heavy atom. The number of nitrogens with one attached hydrogen (secondary N) is 2. The van der Waals surface area contributed by atoms with Crippen molar-refractivity contribution >= 4 is 12.0 Å². The van der Waals surface area contributed by atoms with Gasteiger partial charge in [0.2, 0.25) is 5.91 Å². The molecule has 11 heteroatoms. The van der Waals surface area contributed by atoms with Crippen LogP contribution in [-0.2, 0) is 38.3 Å². The number of ether oxygens (including phenoxy) is 4. The van der Waals surface area contributed by atoms with Crippen molar-refractivity contribution in [2.75, 3.05) is 53.2 Å². The van der Waals surface area contributed by atoms with E-state index in [0.29, 0.717) is 32.3 Å². The van der Waals surface area contributed by atoms with E-state index < -0.39 is 36.3 Å². The van der Waals surface area contributed by atoms with Gasteiger partial charge in [0.05, 0.1) is 50.2 Å². The molecule has 0 radical (unpaired) electrons. The minimum atomic E-state index is -1.09. The highest BCUT2D eigenvalue weighted by molar-refractivity contribution is 5.80. The lowest BCUT2D eigenvalue weighted by molar-refractivity contribution is -0.127. The Morgan fingerprint density at radius 2 is 1.65 bits per heavy atom. The molecule has 11 nitrogen and oxygen atoms in total. The van der Waals surface area contributed by atoms with E-state index in [-0.39, 0.29) is 25.0 Å². The number of fused-ring (bicyclic) bond motifs is 1. The van der Waals surface area contributed by atoms with Gasteiger partial charge in [-0.1, -0.05) is 66.7 Å². The Labute approximate surface area is 301 Å². The number of aliphatic hydroxyl groups is 2. The molecule has 0 spiro atoms. The molecule has 1 aliphatic heterocycles. The molecule has 3 aromatic rings. The Morgan fingerprint density at radius 3 is 2.39 bits per heavy atom. The van der Waals surface area contributed by atoms with Crippen molar-refractivity contribution in [3.8, 4) is 5.75 Å². The third kappa shape index (κ3) is 11.8. The number of alkyl carbamates (subject to hydrolysis) is 1. The van der Waals surface area contributed by atoms with Crippen LogP contribution in [0.4, 0.5) is 4.79 Å². The number of aliphatic hydroxyl groups excluding tert-OH is 2. The largest absolute Gasteiger partial charge is 0.492 e. The summed E-state index contributed by atoms with van der Waals surface area (Å²) in [6.45, 7) is 6.72. The molecule has 2 aliphatic rings. The van der Waals surface area contributed by atoms with Gasteiger partial charge in [-0.2, -0.15) is 0 Å². The lowest BCUT2D eigenvalue weighted by atomic mass is 9.88. The third-order valence-electron chi connectivity index (χ3n) is 9.81. The minimum absolute atomic E-state index is 0.0621. The van der Waals surface area contributed by atoms with E-state index in [2.05, 4.69) is 15.5 Å². The number of hydrogen-bond acceptors (Lipinski definition) is 9. The topological polar surface area (TPSA) is 139 Å². The van der Waals surface area contributed by atoms with Gasteiger partial charge in [0.15, 0.2) is 0 Å². The van der Waals surface area contributed by atoms with Gasteiger partial charge in [0, 0.05) is 45.5 Å². The molecular weight excluding hydrogens is 650 g/mol. The molecule has 6 atom stereocenters. The maximum atomic E-state index is 14.1. The first-order valence-electron chi connectivity index (χ1n) is 18.0. The van der Waals surface area contributed by atoms with Gasteiger partial charge in [-0.05, 0) is 60.6 Å². The number of nitrogens with zero attached hydrogens (tertiary/aromatic N) is 1. The van der Waals surface area contributed by atoms with Crippen molar-refractivity contribution in [1.29, 1.82) is 0 Å². The van der Waals surface area contributed by atoms with Crippen LogP contribution in [0, 0.1) is 5.92 Å². The Bertz CT molecular complexity index is 1500. The van der Waals surface area contributed by atoms with E-state index >= 15 is 0 Å². The smallest absolute Gasteiger partial charge is 0.407 e. The molecule has 5 rings (SSSR count). The zero-order valence-corrected chi connectivity index (χ0v) is 29.7. The van der Waals surface area contributed by atoms with Crippen LogP contribution in [-0.4, -0.2) is 105 Å². The molecule has 1 unspecified atom stereocenters. The molecule has 1 aliphatic carbocycles. The number of hydrogen-bond donors (Lipinski definition) is 4. The Balaban J connectivity index is 1.29.